The zero-order chi connectivity index (χ0) is 12.4. The summed E-state index contributed by atoms with van der Waals surface area (Å²) in [6.07, 6.45) is 4.11. The number of nitrogens with zero attached hydrogens (tertiary/aromatic N) is 3. The lowest BCUT2D eigenvalue weighted by Crippen LogP contribution is -2.19. The average Bonchev–Trinajstić information content (AvgIpc) is 3.13. The van der Waals surface area contributed by atoms with E-state index in [1.807, 2.05) is 28.9 Å². The van der Waals surface area contributed by atoms with Crippen molar-refractivity contribution in [3.05, 3.63) is 36.4 Å². The van der Waals surface area contributed by atoms with Gasteiger partial charge in [0.05, 0.1) is 13.7 Å². The Balaban J connectivity index is 1.88. The number of para-hydroxylation sites is 2. The minimum absolute atomic E-state index is 0.660. The monoisotopic (exact) mass is 244 g/mol. The number of hydrogen-bond donors (Lipinski definition) is 1. The maximum atomic E-state index is 5.35. The van der Waals surface area contributed by atoms with Gasteiger partial charge in [-0.2, -0.15) is 5.10 Å². The normalized spacial score (nSPS) is 14.7. The van der Waals surface area contributed by atoms with Gasteiger partial charge in [0.2, 0.25) is 0 Å². The fourth-order valence-electron chi connectivity index (χ4n) is 1.92. The van der Waals surface area contributed by atoms with Gasteiger partial charge in [-0.25, -0.2) is 9.67 Å². The van der Waals surface area contributed by atoms with Gasteiger partial charge in [-0.3, -0.25) is 0 Å². The number of ether oxygens (including phenoxy) is 1. The van der Waals surface area contributed by atoms with E-state index in [2.05, 4.69) is 15.4 Å². The minimum atomic E-state index is 0.660. The van der Waals surface area contributed by atoms with Gasteiger partial charge in [0.15, 0.2) is 0 Å². The molecular weight excluding hydrogens is 228 g/mol. The zero-order valence-electron chi connectivity index (χ0n) is 10.3. The van der Waals surface area contributed by atoms with Crippen molar-refractivity contribution in [2.45, 2.75) is 25.4 Å². The third kappa shape index (κ3) is 2.22. The predicted octanol–water partition coefficient (Wildman–Crippen LogP) is 1.53. The number of methoxy groups -OCH3 is 1. The highest BCUT2D eigenvalue weighted by Crippen LogP contribution is 2.23. The minimum Gasteiger partial charge on any atom is -0.494 e. The zero-order valence-corrected chi connectivity index (χ0v) is 10.3. The lowest BCUT2D eigenvalue weighted by atomic mass is 10.3. The molecule has 5 heteroatoms. The molecule has 2 aromatic rings. The third-order valence-corrected chi connectivity index (χ3v) is 3.06. The summed E-state index contributed by atoms with van der Waals surface area (Å²) in [5.74, 6) is 1.71. The second-order valence-corrected chi connectivity index (χ2v) is 4.42. The van der Waals surface area contributed by atoms with Crippen LogP contribution in [0.15, 0.2) is 30.6 Å². The van der Waals surface area contributed by atoms with Crippen molar-refractivity contribution >= 4 is 0 Å². The van der Waals surface area contributed by atoms with Crippen molar-refractivity contribution in [2.75, 3.05) is 7.11 Å². The van der Waals surface area contributed by atoms with Crippen LogP contribution in [0.5, 0.6) is 5.75 Å². The van der Waals surface area contributed by atoms with E-state index in [1.165, 1.54) is 12.8 Å². The Morgan fingerprint density at radius 3 is 3.00 bits per heavy atom. The van der Waals surface area contributed by atoms with Crippen molar-refractivity contribution in [1.82, 2.24) is 20.1 Å². The fraction of sp³-hybridized carbons (Fsp3) is 0.385. The van der Waals surface area contributed by atoms with Gasteiger partial charge in [-0.05, 0) is 25.0 Å². The summed E-state index contributed by atoms with van der Waals surface area (Å²) < 4.78 is 7.18. The van der Waals surface area contributed by atoms with Crippen LogP contribution < -0.4 is 10.1 Å². The number of hydrogen-bond acceptors (Lipinski definition) is 4. The Morgan fingerprint density at radius 2 is 2.22 bits per heavy atom. The van der Waals surface area contributed by atoms with Crippen molar-refractivity contribution < 1.29 is 4.74 Å². The molecule has 94 valence electrons. The first-order valence-corrected chi connectivity index (χ1v) is 6.14. The van der Waals surface area contributed by atoms with E-state index in [1.54, 1.807) is 13.4 Å². The molecule has 0 aliphatic heterocycles. The average molecular weight is 244 g/mol. The highest BCUT2D eigenvalue weighted by molar-refractivity contribution is 5.46. The van der Waals surface area contributed by atoms with Gasteiger partial charge in [-0.1, -0.05) is 12.1 Å². The molecule has 1 saturated carbocycles. The Bertz CT molecular complexity index is 533. The smallest absolute Gasteiger partial charge is 0.146 e. The first-order valence-electron chi connectivity index (χ1n) is 6.14. The highest BCUT2D eigenvalue weighted by Gasteiger charge is 2.21. The second kappa shape index (κ2) is 4.78. The molecule has 0 radical (unpaired) electrons. The van der Waals surface area contributed by atoms with Gasteiger partial charge in [0.1, 0.15) is 23.6 Å². The van der Waals surface area contributed by atoms with Crippen LogP contribution in [-0.2, 0) is 6.54 Å². The van der Waals surface area contributed by atoms with Crippen LogP contribution in [-0.4, -0.2) is 27.9 Å². The van der Waals surface area contributed by atoms with Gasteiger partial charge < -0.3 is 10.1 Å². The quantitative estimate of drug-likeness (QED) is 0.866. The molecule has 0 saturated heterocycles. The van der Waals surface area contributed by atoms with E-state index in [9.17, 15) is 0 Å². The Hall–Kier alpha value is -1.88. The fourth-order valence-corrected chi connectivity index (χ4v) is 1.92. The molecule has 1 aliphatic carbocycles. The molecule has 1 aromatic heterocycles. The van der Waals surface area contributed by atoms with E-state index in [-0.39, 0.29) is 0 Å². The second-order valence-electron chi connectivity index (χ2n) is 4.42. The van der Waals surface area contributed by atoms with Crippen molar-refractivity contribution in [3.63, 3.8) is 0 Å². The summed E-state index contributed by atoms with van der Waals surface area (Å²) in [6.45, 7) is 0.739. The topological polar surface area (TPSA) is 52.0 Å². The van der Waals surface area contributed by atoms with E-state index >= 15 is 0 Å². The number of nitrogens with one attached hydrogen (secondary N) is 1. The molecule has 0 spiro atoms. The van der Waals surface area contributed by atoms with Crippen LogP contribution in [0.3, 0.4) is 0 Å². The molecule has 1 aromatic carbocycles. The molecule has 1 N–H and O–H groups in total. The highest BCUT2D eigenvalue weighted by atomic mass is 16.5. The predicted molar refractivity (Wildman–Crippen MR) is 67.8 cm³/mol. The molecule has 1 aliphatic rings. The van der Waals surface area contributed by atoms with Crippen LogP contribution in [0.25, 0.3) is 5.69 Å². The molecule has 0 atom stereocenters. The van der Waals surface area contributed by atoms with Crippen LogP contribution in [0, 0.1) is 0 Å². The van der Waals surface area contributed by atoms with Crippen LogP contribution in [0.4, 0.5) is 0 Å². The van der Waals surface area contributed by atoms with E-state index in [0.717, 1.165) is 23.8 Å². The summed E-state index contributed by atoms with van der Waals surface area (Å²) in [7, 11) is 1.66. The lowest BCUT2D eigenvalue weighted by molar-refractivity contribution is 0.411. The van der Waals surface area contributed by atoms with E-state index < -0.39 is 0 Å². The Kier molecular flexibility index (Phi) is 2.98. The molecular formula is C13H16N4O. The Morgan fingerprint density at radius 1 is 1.39 bits per heavy atom. The molecule has 5 nitrogen and oxygen atoms in total. The molecule has 0 unspecified atom stereocenters. The summed E-state index contributed by atoms with van der Waals surface area (Å²) in [4.78, 5) is 4.30. The number of aromatic nitrogens is 3. The molecule has 1 heterocycles. The first kappa shape index (κ1) is 11.2. The number of benzene rings is 1. The molecule has 3 rings (SSSR count). The first-order chi connectivity index (χ1) is 8.88. The standard InChI is InChI=1S/C13H16N4O/c1-18-12-5-3-2-4-11(12)17-13(15-9-16-17)8-14-10-6-7-10/h2-5,9-10,14H,6-8H2,1H3. The number of rotatable bonds is 5. The summed E-state index contributed by atoms with van der Waals surface area (Å²) in [6, 6.07) is 8.48. The maximum Gasteiger partial charge on any atom is 0.146 e. The van der Waals surface area contributed by atoms with Gasteiger partial charge in [-0.15, -0.1) is 0 Å². The van der Waals surface area contributed by atoms with E-state index in [0.29, 0.717) is 6.04 Å². The molecule has 0 bridgehead atoms. The molecule has 0 amide bonds. The largest absolute Gasteiger partial charge is 0.494 e. The van der Waals surface area contributed by atoms with Crippen molar-refractivity contribution in [2.24, 2.45) is 0 Å². The van der Waals surface area contributed by atoms with E-state index in [4.69, 9.17) is 4.74 Å². The SMILES string of the molecule is COc1ccccc1-n1ncnc1CNC1CC1. The van der Waals surface area contributed by atoms with Crippen LogP contribution in [0.1, 0.15) is 18.7 Å². The Labute approximate surface area is 106 Å². The van der Waals surface area contributed by atoms with Crippen LogP contribution >= 0.6 is 0 Å². The molecule has 1 fully saturated rings. The third-order valence-electron chi connectivity index (χ3n) is 3.06. The van der Waals surface area contributed by atoms with Gasteiger partial charge in [0, 0.05) is 6.04 Å². The summed E-state index contributed by atoms with van der Waals surface area (Å²) in [5, 5.41) is 7.72. The van der Waals surface area contributed by atoms with Crippen LogP contribution in [0.2, 0.25) is 0 Å². The lowest BCUT2D eigenvalue weighted by Gasteiger charge is -2.10. The van der Waals surface area contributed by atoms with Crippen molar-refractivity contribution in [1.29, 1.82) is 0 Å². The summed E-state index contributed by atoms with van der Waals surface area (Å²) in [5.41, 5.74) is 0.921. The maximum absolute atomic E-state index is 5.35. The van der Waals surface area contributed by atoms with Crippen molar-refractivity contribution in [3.8, 4) is 11.4 Å². The summed E-state index contributed by atoms with van der Waals surface area (Å²) >= 11 is 0. The molecule has 18 heavy (non-hydrogen) atoms. The van der Waals surface area contributed by atoms with Gasteiger partial charge in [0.25, 0.3) is 0 Å². The van der Waals surface area contributed by atoms with Gasteiger partial charge >= 0.3 is 0 Å².